The summed E-state index contributed by atoms with van der Waals surface area (Å²) in [6.07, 6.45) is 7.96. The van der Waals surface area contributed by atoms with Crippen molar-refractivity contribution in [2.45, 2.75) is 65.1 Å². The van der Waals surface area contributed by atoms with Crippen LogP contribution in [-0.2, 0) is 13.1 Å². The van der Waals surface area contributed by atoms with Crippen LogP contribution in [0.15, 0.2) is 51.7 Å². The number of oxazole rings is 1. The van der Waals surface area contributed by atoms with Gasteiger partial charge in [-0.3, -0.25) is 9.36 Å². The Labute approximate surface area is 232 Å². The molecule has 4 aromatic rings. The molecule has 0 amide bonds. The van der Waals surface area contributed by atoms with E-state index in [9.17, 15) is 4.79 Å². The van der Waals surface area contributed by atoms with Crippen molar-refractivity contribution < 1.29 is 33.0 Å². The molecule has 3 heterocycles. The fourth-order valence-electron chi connectivity index (χ4n) is 6.17. The molecule has 188 valence electrons. The summed E-state index contributed by atoms with van der Waals surface area (Å²) in [5, 5.41) is 0. The van der Waals surface area contributed by atoms with Gasteiger partial charge in [-0.05, 0) is 69.0 Å². The van der Waals surface area contributed by atoms with Gasteiger partial charge in [-0.15, -0.1) is 11.3 Å². The molecule has 0 N–H and O–H groups in total. The smallest absolute Gasteiger partial charge is 0.377 e. The van der Waals surface area contributed by atoms with Crippen LogP contribution in [-0.4, -0.2) is 17.2 Å². The van der Waals surface area contributed by atoms with E-state index in [-0.39, 0.29) is 29.5 Å². The number of anilines is 1. The van der Waals surface area contributed by atoms with Crippen LogP contribution in [0.1, 0.15) is 63.0 Å². The van der Waals surface area contributed by atoms with Gasteiger partial charge in [0.15, 0.2) is 0 Å². The monoisotopic (exact) mass is 613 g/mol. The molecule has 1 aliphatic heterocycles. The van der Waals surface area contributed by atoms with Crippen molar-refractivity contribution in [1.29, 1.82) is 0 Å². The standard InChI is InChI=1S/C29H32N3O2S.HI/c1-4-30-22-12-9-10-20(22)21-16-19(14-15-23(21)30)17-26-29(33)32(6-3)28(35-26)18-27-31(5-2)24-11-7-8-13-25(24)34-27;/h7-8,11,13-18,20,22H,4-6,9-10,12H2,1-3H3;1H/q+1;/p-1/b26-17+;. The van der Waals surface area contributed by atoms with Crippen molar-refractivity contribution in [2.24, 2.45) is 0 Å². The summed E-state index contributed by atoms with van der Waals surface area (Å²) in [6.45, 7) is 8.88. The van der Waals surface area contributed by atoms with Crippen molar-refractivity contribution in [1.82, 2.24) is 4.57 Å². The molecule has 0 saturated heterocycles. The zero-order chi connectivity index (χ0) is 24.1. The Hall–Kier alpha value is -2.39. The van der Waals surface area contributed by atoms with Crippen LogP contribution in [0, 0.1) is 0 Å². The Balaban J connectivity index is 0.00000267. The number of halogens is 1. The van der Waals surface area contributed by atoms with Crippen LogP contribution >= 0.6 is 11.3 Å². The predicted molar refractivity (Wildman–Crippen MR) is 143 cm³/mol. The lowest BCUT2D eigenvalue weighted by molar-refractivity contribution is -0.674. The number of thiazole rings is 1. The number of hydrogen-bond donors (Lipinski definition) is 0. The highest BCUT2D eigenvalue weighted by Crippen LogP contribution is 2.49. The first-order chi connectivity index (χ1) is 17.1. The number of rotatable bonds is 5. The lowest BCUT2D eigenvalue weighted by Gasteiger charge is -2.25. The Morgan fingerprint density at radius 2 is 1.92 bits per heavy atom. The summed E-state index contributed by atoms with van der Waals surface area (Å²) in [4.78, 5) is 15.9. The normalized spacial score (nSPS) is 19.7. The lowest BCUT2D eigenvalue weighted by Crippen LogP contribution is -3.00. The first-order valence-electron chi connectivity index (χ1n) is 12.9. The van der Waals surface area contributed by atoms with E-state index in [1.54, 1.807) is 11.3 Å². The molecule has 0 radical (unpaired) electrons. The molecule has 6 rings (SSSR count). The molecule has 2 aromatic carbocycles. The van der Waals surface area contributed by atoms with Crippen LogP contribution in [0.25, 0.3) is 23.3 Å². The second-order valence-electron chi connectivity index (χ2n) is 9.50. The minimum absolute atomic E-state index is 0. The van der Waals surface area contributed by atoms with Crippen molar-refractivity contribution in [2.75, 3.05) is 11.4 Å². The van der Waals surface area contributed by atoms with Gasteiger partial charge in [0.25, 0.3) is 11.1 Å². The van der Waals surface area contributed by atoms with E-state index in [0.717, 1.165) is 44.8 Å². The van der Waals surface area contributed by atoms with E-state index in [2.05, 4.69) is 53.7 Å². The molecule has 2 aliphatic rings. The van der Waals surface area contributed by atoms with E-state index in [4.69, 9.17) is 4.42 Å². The minimum Gasteiger partial charge on any atom is -1.00 e. The van der Waals surface area contributed by atoms with E-state index >= 15 is 0 Å². The molecule has 0 bridgehead atoms. The molecular weight excluding hydrogens is 581 g/mol. The van der Waals surface area contributed by atoms with Gasteiger partial charge in [0.05, 0.1) is 10.6 Å². The third-order valence-corrected chi connectivity index (χ3v) is 8.79. The predicted octanol–water partition coefficient (Wildman–Crippen LogP) is 1.12. The zero-order valence-corrected chi connectivity index (χ0v) is 24.0. The molecule has 0 spiro atoms. The highest BCUT2D eigenvalue weighted by Gasteiger charge is 2.40. The van der Waals surface area contributed by atoms with E-state index in [1.165, 1.54) is 30.5 Å². The molecule has 1 fully saturated rings. The van der Waals surface area contributed by atoms with Crippen molar-refractivity contribution in [3.63, 3.8) is 0 Å². The molecule has 7 heteroatoms. The zero-order valence-electron chi connectivity index (χ0n) is 21.0. The minimum atomic E-state index is 0. The van der Waals surface area contributed by atoms with Crippen molar-refractivity contribution in [3.8, 4) is 0 Å². The molecule has 2 aromatic heterocycles. The summed E-state index contributed by atoms with van der Waals surface area (Å²) in [5.41, 5.74) is 5.97. The van der Waals surface area contributed by atoms with Crippen LogP contribution in [0.4, 0.5) is 5.69 Å². The van der Waals surface area contributed by atoms with Gasteiger partial charge in [0.1, 0.15) is 11.2 Å². The third kappa shape index (κ3) is 4.04. The number of hydrogen-bond acceptors (Lipinski definition) is 4. The number of likely N-dealkylation sites (N-methyl/N-ethyl adjacent to an activating group) is 1. The van der Waals surface area contributed by atoms with Crippen LogP contribution in [0.2, 0.25) is 0 Å². The maximum absolute atomic E-state index is 13.3. The fraction of sp³-hybridized carbons (Fsp3) is 0.379. The molecule has 2 unspecified atom stereocenters. The first-order valence-corrected chi connectivity index (χ1v) is 13.7. The van der Waals surface area contributed by atoms with E-state index < -0.39 is 0 Å². The number of fused-ring (bicyclic) bond motifs is 4. The number of nitrogens with zero attached hydrogens (tertiary/aromatic N) is 3. The SMILES string of the molecule is CCN1c2ccc(/C=c3/s/c(=C\c4oc5ccccc5[n+]4CC)n(CC)c3=O)cc2C2CCCC21.[I-]. The summed E-state index contributed by atoms with van der Waals surface area (Å²) in [6, 6.07) is 15.5. The highest BCUT2D eigenvalue weighted by molar-refractivity contribution is 7.07. The second kappa shape index (κ2) is 10.2. The van der Waals surface area contributed by atoms with Crippen molar-refractivity contribution >= 4 is 40.3 Å². The van der Waals surface area contributed by atoms with Crippen LogP contribution in [0.5, 0.6) is 0 Å². The van der Waals surface area contributed by atoms with Crippen LogP contribution in [0.3, 0.4) is 0 Å². The van der Waals surface area contributed by atoms with Gasteiger partial charge in [0.2, 0.25) is 5.58 Å². The number of para-hydroxylation sites is 2. The van der Waals surface area contributed by atoms with Crippen LogP contribution < -0.4 is 48.2 Å². The topological polar surface area (TPSA) is 42.3 Å². The van der Waals surface area contributed by atoms with Gasteiger partial charge >= 0.3 is 5.89 Å². The molecule has 36 heavy (non-hydrogen) atoms. The largest absolute Gasteiger partial charge is 1.00 e. The van der Waals surface area contributed by atoms with E-state index in [1.807, 2.05) is 35.8 Å². The first kappa shape index (κ1) is 25.3. The average molecular weight is 614 g/mol. The average Bonchev–Trinajstić information content (AvgIpc) is 3.61. The van der Waals surface area contributed by atoms with Gasteiger partial charge in [-0.2, -0.15) is 4.57 Å². The molecule has 1 saturated carbocycles. The number of aryl methyl sites for hydroxylation is 1. The Kier molecular flexibility index (Phi) is 7.14. The Morgan fingerprint density at radius 3 is 2.69 bits per heavy atom. The van der Waals surface area contributed by atoms with Gasteiger partial charge in [-0.25, -0.2) is 0 Å². The maximum Gasteiger partial charge on any atom is 0.377 e. The summed E-state index contributed by atoms with van der Waals surface area (Å²) in [5.74, 6) is 1.41. The lowest BCUT2D eigenvalue weighted by atomic mass is 9.96. The molecule has 1 aliphatic carbocycles. The molecular formula is C29H32IN3O2S. The number of benzene rings is 2. The molecule has 5 nitrogen and oxygen atoms in total. The summed E-state index contributed by atoms with van der Waals surface area (Å²) in [7, 11) is 0. The van der Waals surface area contributed by atoms with Crippen molar-refractivity contribution in [3.05, 3.63) is 79.0 Å². The number of aromatic nitrogens is 2. The highest BCUT2D eigenvalue weighted by atomic mass is 127. The maximum atomic E-state index is 13.3. The van der Waals surface area contributed by atoms with Gasteiger partial charge in [-0.1, -0.05) is 24.6 Å². The third-order valence-electron chi connectivity index (χ3n) is 7.73. The summed E-state index contributed by atoms with van der Waals surface area (Å²) < 4.78 is 11.8. The molecule has 2 atom stereocenters. The Bertz CT molecular complexity index is 1600. The van der Waals surface area contributed by atoms with Gasteiger partial charge < -0.3 is 33.3 Å². The van der Waals surface area contributed by atoms with Gasteiger partial charge in [0, 0.05) is 36.8 Å². The van der Waals surface area contributed by atoms with E-state index in [0.29, 0.717) is 18.5 Å². The fourth-order valence-corrected chi connectivity index (χ4v) is 7.27. The quantitative estimate of drug-likeness (QED) is 0.251. The summed E-state index contributed by atoms with van der Waals surface area (Å²) >= 11 is 1.54. The second-order valence-corrected chi connectivity index (χ2v) is 10.6. The Morgan fingerprint density at radius 1 is 1.08 bits per heavy atom.